The first-order valence-corrected chi connectivity index (χ1v) is 11.6. The van der Waals surface area contributed by atoms with Gasteiger partial charge in [-0.1, -0.05) is 0 Å². The van der Waals surface area contributed by atoms with Crippen LogP contribution in [0.25, 0.3) is 10.9 Å². The summed E-state index contributed by atoms with van der Waals surface area (Å²) in [4.78, 5) is 12.9. The molecule has 11 heteroatoms. The van der Waals surface area contributed by atoms with Crippen molar-refractivity contribution in [1.29, 1.82) is 0 Å². The van der Waals surface area contributed by atoms with Crippen LogP contribution in [0, 0.1) is 11.8 Å². The Labute approximate surface area is 195 Å². The van der Waals surface area contributed by atoms with Gasteiger partial charge >= 0.3 is 6.18 Å². The molecule has 0 bridgehead atoms. The Morgan fingerprint density at radius 1 is 1.21 bits per heavy atom. The van der Waals surface area contributed by atoms with Gasteiger partial charge in [0.15, 0.2) is 6.61 Å². The van der Waals surface area contributed by atoms with Crippen molar-refractivity contribution < 1.29 is 27.4 Å². The van der Waals surface area contributed by atoms with Crippen LogP contribution in [0.2, 0.25) is 0 Å². The summed E-state index contributed by atoms with van der Waals surface area (Å²) in [7, 11) is 0. The van der Waals surface area contributed by atoms with E-state index in [1.54, 1.807) is 16.9 Å². The van der Waals surface area contributed by atoms with Crippen molar-refractivity contribution in [3.8, 4) is 5.75 Å². The summed E-state index contributed by atoms with van der Waals surface area (Å²) in [6.07, 6.45) is 1.40. The molecule has 1 saturated heterocycles. The van der Waals surface area contributed by atoms with Crippen LogP contribution in [0.3, 0.4) is 0 Å². The Morgan fingerprint density at radius 3 is 2.67 bits per heavy atom. The van der Waals surface area contributed by atoms with E-state index in [1.807, 2.05) is 0 Å². The van der Waals surface area contributed by atoms with Gasteiger partial charge in [0, 0.05) is 31.1 Å². The van der Waals surface area contributed by atoms with E-state index in [0.717, 1.165) is 43.2 Å². The quantitative estimate of drug-likeness (QED) is 0.404. The van der Waals surface area contributed by atoms with E-state index in [1.165, 1.54) is 6.07 Å². The second-order valence-electron chi connectivity index (χ2n) is 8.73. The van der Waals surface area contributed by atoms with E-state index in [9.17, 15) is 18.0 Å². The lowest BCUT2D eigenvalue weighted by Crippen LogP contribution is -2.29. The van der Waals surface area contributed by atoms with Gasteiger partial charge < -0.3 is 14.8 Å². The average Bonchev–Trinajstić information content (AvgIpc) is 3.52. The number of rotatable bonds is 10. The number of fused-ring (bicyclic) bond motifs is 1. The molecule has 2 heterocycles. The first kappa shape index (κ1) is 24.1. The molecule has 1 saturated carbocycles. The molecule has 1 amide bonds. The molecule has 1 aromatic carbocycles. The summed E-state index contributed by atoms with van der Waals surface area (Å²) < 4.78 is 52.1. The van der Waals surface area contributed by atoms with Gasteiger partial charge in [-0.15, -0.1) is 0 Å². The molecule has 0 atom stereocenters. The number of halogens is 4. The zero-order chi connectivity index (χ0) is 23.4. The number of benzene rings is 1. The topological polar surface area (TPSA) is 68.6 Å². The molecule has 0 radical (unpaired) electrons. The van der Waals surface area contributed by atoms with Crippen LogP contribution in [-0.2, 0) is 11.3 Å². The van der Waals surface area contributed by atoms with Gasteiger partial charge in [-0.05, 0) is 62.7 Å². The maximum Gasteiger partial charge on any atom is 0.422 e. The number of alkyl halides is 3. The van der Waals surface area contributed by atoms with Gasteiger partial charge in [-0.3, -0.25) is 9.48 Å². The lowest BCUT2D eigenvalue weighted by atomic mass is 9.98. The van der Waals surface area contributed by atoms with Gasteiger partial charge in [0.1, 0.15) is 5.75 Å². The average molecular weight is 489 g/mol. The number of amides is 1. The van der Waals surface area contributed by atoms with Crippen LogP contribution in [0.4, 0.5) is 13.2 Å². The molecule has 2 aliphatic rings. The van der Waals surface area contributed by atoms with Gasteiger partial charge in [-0.2, -0.15) is 18.3 Å². The van der Waals surface area contributed by atoms with Gasteiger partial charge in [0.25, 0.3) is 5.91 Å². The number of aromatic nitrogens is 2. The highest BCUT2D eigenvalue weighted by Crippen LogP contribution is 2.33. The van der Waals surface area contributed by atoms with Crippen LogP contribution in [-0.4, -0.2) is 65.7 Å². The molecular formula is C22H28ClF3N4O3. The monoisotopic (exact) mass is 488 g/mol. The molecule has 1 aliphatic heterocycles. The third-order valence-electron chi connectivity index (χ3n) is 5.90. The summed E-state index contributed by atoms with van der Waals surface area (Å²) in [5, 5.41) is 8.16. The molecule has 2 aromatic rings. The minimum Gasteiger partial charge on any atom is -0.483 e. The van der Waals surface area contributed by atoms with E-state index in [4.69, 9.17) is 21.3 Å². The zero-order valence-corrected chi connectivity index (χ0v) is 19.0. The SMILES string of the molecule is O=C(c1ccc2nn(CC3CCNCC3)cc2c1OCC(F)(F)F)N(Cl)CCOCC1CC1. The molecule has 33 heavy (non-hydrogen) atoms. The molecular weight excluding hydrogens is 461 g/mol. The fraction of sp³-hybridized carbons (Fsp3) is 0.636. The van der Waals surface area contributed by atoms with Gasteiger partial charge in [0.2, 0.25) is 0 Å². The highest BCUT2D eigenvalue weighted by atomic mass is 35.5. The smallest absolute Gasteiger partial charge is 0.422 e. The van der Waals surface area contributed by atoms with Crippen molar-refractivity contribution in [1.82, 2.24) is 19.5 Å². The fourth-order valence-corrected chi connectivity index (χ4v) is 4.09. The fourth-order valence-electron chi connectivity index (χ4n) is 3.93. The summed E-state index contributed by atoms with van der Waals surface area (Å²) >= 11 is 6.14. The minimum atomic E-state index is -4.55. The molecule has 182 valence electrons. The largest absolute Gasteiger partial charge is 0.483 e. The Bertz CT molecular complexity index is 958. The van der Waals surface area contributed by atoms with Gasteiger partial charge in [-0.25, -0.2) is 4.42 Å². The van der Waals surface area contributed by atoms with Crippen LogP contribution in [0.15, 0.2) is 18.3 Å². The van der Waals surface area contributed by atoms with Crippen molar-refractivity contribution >= 4 is 28.6 Å². The highest BCUT2D eigenvalue weighted by molar-refractivity contribution is 6.25. The number of carbonyl (C=O) groups is 1. The van der Waals surface area contributed by atoms with Crippen LogP contribution in [0.5, 0.6) is 5.75 Å². The lowest BCUT2D eigenvalue weighted by molar-refractivity contribution is -0.153. The maximum absolute atomic E-state index is 12.9. The number of ether oxygens (including phenoxy) is 2. The van der Waals surface area contributed by atoms with Crippen LogP contribution < -0.4 is 10.1 Å². The first-order chi connectivity index (χ1) is 15.8. The van der Waals surface area contributed by atoms with E-state index >= 15 is 0 Å². The van der Waals surface area contributed by atoms with Crippen molar-refractivity contribution in [3.05, 3.63) is 23.9 Å². The van der Waals surface area contributed by atoms with E-state index in [2.05, 4.69) is 10.4 Å². The number of carbonyl (C=O) groups excluding carboxylic acids is 1. The third-order valence-corrected chi connectivity index (χ3v) is 6.23. The minimum absolute atomic E-state index is 0.0367. The van der Waals surface area contributed by atoms with E-state index < -0.39 is 18.7 Å². The van der Waals surface area contributed by atoms with Crippen molar-refractivity contribution in [2.75, 3.05) is 39.5 Å². The molecule has 1 aliphatic carbocycles. The zero-order valence-electron chi connectivity index (χ0n) is 18.2. The van der Waals surface area contributed by atoms with Gasteiger partial charge in [0.05, 0.1) is 29.6 Å². The Kier molecular flexibility index (Phi) is 7.65. The standard InChI is InChI=1S/C22H28ClF3N4O3/c23-30(9-10-32-13-16-1-2-16)21(31)17-3-4-19-18(20(17)33-14-22(24,25)26)12-29(28-19)11-15-5-7-27-8-6-15/h3-4,12,15-16,27H,1-2,5-11,13-14H2. The summed E-state index contributed by atoms with van der Waals surface area (Å²) in [5.74, 6) is 0.207. The first-order valence-electron chi connectivity index (χ1n) is 11.3. The number of hydrogen-bond donors (Lipinski definition) is 1. The van der Waals surface area contributed by atoms with Crippen molar-refractivity contribution in [2.45, 2.75) is 38.4 Å². The predicted molar refractivity (Wildman–Crippen MR) is 117 cm³/mol. The number of nitrogens with one attached hydrogen (secondary N) is 1. The Hall–Kier alpha value is -2.04. The molecule has 0 unspecified atom stereocenters. The molecule has 7 nitrogen and oxygen atoms in total. The molecule has 2 fully saturated rings. The molecule has 4 rings (SSSR count). The third kappa shape index (κ3) is 6.74. The van der Waals surface area contributed by atoms with E-state index in [0.29, 0.717) is 35.9 Å². The predicted octanol–water partition coefficient (Wildman–Crippen LogP) is 4.00. The Balaban J connectivity index is 1.53. The highest BCUT2D eigenvalue weighted by Gasteiger charge is 2.31. The second kappa shape index (κ2) is 10.5. The number of nitrogens with zero attached hydrogens (tertiary/aromatic N) is 3. The number of piperidine rings is 1. The Morgan fingerprint density at radius 2 is 1.97 bits per heavy atom. The summed E-state index contributed by atoms with van der Waals surface area (Å²) in [6, 6.07) is 3.02. The normalized spacial score (nSPS) is 17.5. The lowest BCUT2D eigenvalue weighted by Gasteiger charge is -2.22. The second-order valence-corrected chi connectivity index (χ2v) is 9.14. The molecule has 1 aromatic heterocycles. The van der Waals surface area contributed by atoms with Crippen LogP contribution >= 0.6 is 11.8 Å². The maximum atomic E-state index is 12.9. The van der Waals surface area contributed by atoms with Crippen LogP contribution in [0.1, 0.15) is 36.0 Å². The van der Waals surface area contributed by atoms with Crippen molar-refractivity contribution in [2.24, 2.45) is 11.8 Å². The van der Waals surface area contributed by atoms with E-state index in [-0.39, 0.29) is 24.5 Å². The summed E-state index contributed by atoms with van der Waals surface area (Å²) in [5.41, 5.74) is 0.428. The molecule has 1 N–H and O–H groups in total. The molecule has 0 spiro atoms. The number of hydrogen-bond acceptors (Lipinski definition) is 5. The van der Waals surface area contributed by atoms with Crippen molar-refractivity contribution in [3.63, 3.8) is 0 Å². The summed E-state index contributed by atoms with van der Waals surface area (Å²) in [6.45, 7) is 1.98.